The van der Waals surface area contributed by atoms with Crippen LogP contribution in [0.1, 0.15) is 37.5 Å². The lowest BCUT2D eigenvalue weighted by molar-refractivity contribution is -0.132. The lowest BCUT2D eigenvalue weighted by Gasteiger charge is -2.19. The van der Waals surface area contributed by atoms with Crippen molar-refractivity contribution in [3.05, 3.63) is 40.5 Å². The summed E-state index contributed by atoms with van der Waals surface area (Å²) in [5.74, 6) is -0.812. The fourth-order valence-electron chi connectivity index (χ4n) is 1.94. The molecule has 0 heterocycles. The largest absolute Gasteiger partial charge is 0.478 e. The predicted molar refractivity (Wildman–Crippen MR) is 64.5 cm³/mol. The van der Waals surface area contributed by atoms with Gasteiger partial charge in [0.2, 0.25) is 0 Å². The quantitative estimate of drug-likeness (QED) is 0.783. The highest BCUT2D eigenvalue weighted by atomic mass is 16.4. The van der Waals surface area contributed by atoms with Gasteiger partial charge in [-0.2, -0.15) is 0 Å². The molecule has 0 amide bonds. The number of benzene rings is 1. The average Bonchev–Trinajstić information content (AvgIpc) is 2.58. The third-order valence-corrected chi connectivity index (χ3v) is 3.00. The maximum atomic E-state index is 10.9. The predicted octanol–water partition coefficient (Wildman–Crippen LogP) is 3.01. The van der Waals surface area contributed by atoms with E-state index in [0.717, 1.165) is 11.1 Å². The van der Waals surface area contributed by atoms with Crippen molar-refractivity contribution in [2.75, 3.05) is 0 Å². The van der Waals surface area contributed by atoms with E-state index in [4.69, 9.17) is 5.11 Å². The lowest BCUT2D eigenvalue weighted by atomic mass is 9.85. The van der Waals surface area contributed by atoms with E-state index in [2.05, 4.69) is 32.9 Å². The van der Waals surface area contributed by atoms with E-state index in [1.807, 2.05) is 6.07 Å². The zero-order valence-corrected chi connectivity index (χ0v) is 9.87. The second-order valence-corrected chi connectivity index (χ2v) is 5.32. The Morgan fingerprint density at radius 1 is 1.31 bits per heavy atom. The van der Waals surface area contributed by atoms with Gasteiger partial charge in [0.05, 0.1) is 0 Å². The zero-order valence-electron chi connectivity index (χ0n) is 9.87. The maximum Gasteiger partial charge on any atom is 0.331 e. The van der Waals surface area contributed by atoms with E-state index in [1.165, 1.54) is 5.56 Å². The van der Waals surface area contributed by atoms with Crippen molar-refractivity contribution < 1.29 is 9.90 Å². The first-order valence-electron chi connectivity index (χ1n) is 5.45. The molecule has 0 aliphatic heterocycles. The van der Waals surface area contributed by atoms with Crippen molar-refractivity contribution >= 4 is 12.0 Å². The molecule has 0 spiro atoms. The summed E-state index contributed by atoms with van der Waals surface area (Å²) in [6, 6.07) is 6.24. The summed E-state index contributed by atoms with van der Waals surface area (Å²) in [5, 5.41) is 8.95. The fraction of sp³-hybridized carbons (Fsp3) is 0.357. The zero-order chi connectivity index (χ0) is 11.9. The van der Waals surface area contributed by atoms with E-state index in [-0.39, 0.29) is 5.41 Å². The van der Waals surface area contributed by atoms with Crippen molar-refractivity contribution in [3.63, 3.8) is 0 Å². The van der Waals surface area contributed by atoms with Crippen LogP contribution in [0.2, 0.25) is 0 Å². The Hall–Kier alpha value is -1.57. The van der Waals surface area contributed by atoms with Gasteiger partial charge in [-0.25, -0.2) is 4.79 Å². The standard InChI is InChI=1S/C14H16O2/c1-14(2,3)12-5-4-9-6-11(13(15)16)7-10(9)8-12/h4-5,7-8H,6H2,1-3H3,(H,15,16). The van der Waals surface area contributed by atoms with Crippen LogP contribution in [0.4, 0.5) is 0 Å². The van der Waals surface area contributed by atoms with E-state index >= 15 is 0 Å². The maximum absolute atomic E-state index is 10.9. The molecule has 0 saturated carbocycles. The van der Waals surface area contributed by atoms with Crippen LogP contribution in [-0.2, 0) is 16.6 Å². The first-order chi connectivity index (χ1) is 7.38. The summed E-state index contributed by atoms with van der Waals surface area (Å²) >= 11 is 0. The summed E-state index contributed by atoms with van der Waals surface area (Å²) in [4.78, 5) is 10.9. The van der Waals surface area contributed by atoms with Gasteiger partial charge in [-0.3, -0.25) is 0 Å². The van der Waals surface area contributed by atoms with Gasteiger partial charge in [0.25, 0.3) is 0 Å². The third-order valence-electron chi connectivity index (χ3n) is 3.00. The summed E-state index contributed by atoms with van der Waals surface area (Å²) in [6.45, 7) is 6.47. The number of carbonyl (C=O) groups is 1. The molecule has 16 heavy (non-hydrogen) atoms. The van der Waals surface area contributed by atoms with Crippen molar-refractivity contribution in [1.82, 2.24) is 0 Å². The molecule has 0 radical (unpaired) electrons. The summed E-state index contributed by atoms with van der Waals surface area (Å²) in [5.41, 5.74) is 4.01. The van der Waals surface area contributed by atoms with E-state index in [9.17, 15) is 4.79 Å². The molecule has 84 valence electrons. The summed E-state index contributed by atoms with van der Waals surface area (Å²) in [6.07, 6.45) is 2.34. The van der Waals surface area contributed by atoms with Crippen LogP contribution in [0, 0.1) is 0 Å². The van der Waals surface area contributed by atoms with Crippen molar-refractivity contribution in [1.29, 1.82) is 0 Å². The topological polar surface area (TPSA) is 37.3 Å². The number of carboxylic acids is 1. The van der Waals surface area contributed by atoms with Gasteiger partial charge in [0.1, 0.15) is 0 Å². The molecule has 0 atom stereocenters. The molecule has 1 aliphatic rings. The highest BCUT2D eigenvalue weighted by Gasteiger charge is 2.20. The molecule has 2 rings (SSSR count). The molecule has 0 unspecified atom stereocenters. The molecule has 0 bridgehead atoms. The number of fused-ring (bicyclic) bond motifs is 1. The average molecular weight is 216 g/mol. The second kappa shape index (κ2) is 3.48. The van der Waals surface area contributed by atoms with E-state index in [0.29, 0.717) is 12.0 Å². The van der Waals surface area contributed by atoms with E-state index in [1.54, 1.807) is 6.08 Å². The molecule has 0 aromatic heterocycles. The Kier molecular flexibility index (Phi) is 2.38. The fourth-order valence-corrected chi connectivity index (χ4v) is 1.94. The van der Waals surface area contributed by atoms with Crippen LogP contribution in [0.15, 0.2) is 23.8 Å². The molecule has 2 heteroatoms. The Labute approximate surface area is 95.6 Å². The minimum atomic E-state index is -0.812. The highest BCUT2D eigenvalue weighted by Crippen LogP contribution is 2.30. The van der Waals surface area contributed by atoms with Crippen LogP contribution in [0.3, 0.4) is 0 Å². The van der Waals surface area contributed by atoms with Crippen LogP contribution >= 0.6 is 0 Å². The molecule has 2 nitrogen and oxygen atoms in total. The smallest absolute Gasteiger partial charge is 0.331 e. The van der Waals surface area contributed by atoms with Gasteiger partial charge in [0, 0.05) is 12.0 Å². The molecular formula is C14H16O2. The number of hydrogen-bond donors (Lipinski definition) is 1. The molecule has 1 aliphatic carbocycles. The van der Waals surface area contributed by atoms with Gasteiger partial charge in [0.15, 0.2) is 0 Å². The minimum absolute atomic E-state index is 0.106. The van der Waals surface area contributed by atoms with Crippen LogP contribution < -0.4 is 0 Å². The molecular weight excluding hydrogens is 200 g/mol. The van der Waals surface area contributed by atoms with Crippen LogP contribution in [0.25, 0.3) is 6.08 Å². The van der Waals surface area contributed by atoms with Crippen molar-refractivity contribution in [2.45, 2.75) is 32.6 Å². The first kappa shape index (κ1) is 10.9. The Morgan fingerprint density at radius 2 is 2.00 bits per heavy atom. The van der Waals surface area contributed by atoms with Crippen molar-refractivity contribution in [3.8, 4) is 0 Å². The number of rotatable bonds is 1. The third kappa shape index (κ3) is 1.87. The second-order valence-electron chi connectivity index (χ2n) is 5.32. The van der Waals surface area contributed by atoms with Gasteiger partial charge in [-0.05, 0) is 28.2 Å². The Bertz CT molecular complexity index is 476. The first-order valence-corrected chi connectivity index (χ1v) is 5.45. The number of hydrogen-bond acceptors (Lipinski definition) is 1. The Morgan fingerprint density at radius 3 is 2.56 bits per heavy atom. The molecule has 0 fully saturated rings. The molecule has 1 aromatic rings. The van der Waals surface area contributed by atoms with Crippen LogP contribution in [0.5, 0.6) is 0 Å². The number of aliphatic carboxylic acids is 1. The molecule has 1 N–H and O–H groups in total. The van der Waals surface area contributed by atoms with Crippen molar-refractivity contribution in [2.24, 2.45) is 0 Å². The number of carboxylic acid groups (broad SMARTS) is 1. The van der Waals surface area contributed by atoms with E-state index < -0.39 is 5.97 Å². The lowest BCUT2D eigenvalue weighted by Crippen LogP contribution is -2.11. The highest BCUT2D eigenvalue weighted by molar-refractivity contribution is 5.95. The monoisotopic (exact) mass is 216 g/mol. The minimum Gasteiger partial charge on any atom is -0.478 e. The molecule has 1 aromatic carbocycles. The van der Waals surface area contributed by atoms with Gasteiger partial charge >= 0.3 is 5.97 Å². The van der Waals surface area contributed by atoms with Gasteiger partial charge in [-0.1, -0.05) is 39.0 Å². The Balaban J connectivity index is 2.42. The summed E-state index contributed by atoms with van der Waals surface area (Å²) < 4.78 is 0. The normalized spacial score (nSPS) is 14.6. The van der Waals surface area contributed by atoms with Crippen LogP contribution in [-0.4, -0.2) is 11.1 Å². The van der Waals surface area contributed by atoms with Gasteiger partial charge < -0.3 is 5.11 Å². The summed E-state index contributed by atoms with van der Waals surface area (Å²) in [7, 11) is 0. The molecule has 0 saturated heterocycles. The SMILES string of the molecule is CC(C)(C)c1ccc2c(c1)C=C(C(=O)O)C2. The van der Waals surface area contributed by atoms with Gasteiger partial charge in [-0.15, -0.1) is 0 Å².